The second kappa shape index (κ2) is 6.64. The van der Waals surface area contributed by atoms with Crippen LogP contribution in [-0.2, 0) is 19.1 Å². The molecular formula is C20H20N2O5. The lowest BCUT2D eigenvalue weighted by molar-refractivity contribution is -0.148. The predicted octanol–water partition coefficient (Wildman–Crippen LogP) is 1.77. The van der Waals surface area contributed by atoms with E-state index >= 15 is 0 Å². The smallest absolute Gasteiger partial charge is 0.346 e. The molecule has 4 rings (SSSR count). The quantitative estimate of drug-likeness (QED) is 0.342. The Morgan fingerprint density at radius 2 is 1.89 bits per heavy atom. The van der Waals surface area contributed by atoms with E-state index in [-0.39, 0.29) is 35.5 Å². The Kier molecular flexibility index (Phi) is 4.30. The summed E-state index contributed by atoms with van der Waals surface area (Å²) < 4.78 is 10.2. The zero-order chi connectivity index (χ0) is 19.1. The van der Waals surface area contributed by atoms with Gasteiger partial charge in [-0.1, -0.05) is 24.3 Å². The van der Waals surface area contributed by atoms with E-state index in [0.29, 0.717) is 11.3 Å². The SMILES string of the molecule is COC(=O)[C@H](C)Oc1cccc(C=NN2C(=O)[C@@H]3[C@H](C2=O)[C@H]2C=C[C@H]3C2)c1. The first-order chi connectivity index (χ1) is 13.0. The second-order valence-electron chi connectivity index (χ2n) is 7.09. The number of ether oxygens (including phenoxy) is 2. The minimum Gasteiger partial charge on any atom is -0.479 e. The Morgan fingerprint density at radius 3 is 2.52 bits per heavy atom. The lowest BCUT2D eigenvalue weighted by atomic mass is 9.85. The van der Waals surface area contributed by atoms with Crippen LogP contribution in [0.1, 0.15) is 18.9 Å². The summed E-state index contributed by atoms with van der Waals surface area (Å²) in [6.45, 7) is 1.59. The third-order valence-corrected chi connectivity index (χ3v) is 5.47. The Labute approximate surface area is 156 Å². The number of allylic oxidation sites excluding steroid dienone is 2. The minimum atomic E-state index is -0.744. The van der Waals surface area contributed by atoms with Crippen molar-refractivity contribution in [2.24, 2.45) is 28.8 Å². The zero-order valence-corrected chi connectivity index (χ0v) is 15.1. The molecule has 27 heavy (non-hydrogen) atoms. The number of hydrazone groups is 1. The van der Waals surface area contributed by atoms with Crippen molar-refractivity contribution in [3.8, 4) is 5.75 Å². The highest BCUT2D eigenvalue weighted by atomic mass is 16.6. The van der Waals surface area contributed by atoms with Crippen LogP contribution < -0.4 is 4.74 Å². The largest absolute Gasteiger partial charge is 0.479 e. The number of amides is 2. The molecule has 0 N–H and O–H groups in total. The average Bonchev–Trinajstić information content (AvgIpc) is 3.34. The number of benzene rings is 1. The number of rotatable bonds is 5. The van der Waals surface area contributed by atoms with Gasteiger partial charge >= 0.3 is 5.97 Å². The topological polar surface area (TPSA) is 85.3 Å². The Balaban J connectivity index is 1.48. The van der Waals surface area contributed by atoms with Gasteiger partial charge in [0.15, 0.2) is 6.10 Å². The van der Waals surface area contributed by atoms with Crippen molar-refractivity contribution in [3.05, 3.63) is 42.0 Å². The molecule has 140 valence electrons. The molecule has 2 amide bonds. The Morgan fingerprint density at radius 1 is 1.22 bits per heavy atom. The van der Waals surface area contributed by atoms with Crippen molar-refractivity contribution in [2.45, 2.75) is 19.4 Å². The van der Waals surface area contributed by atoms with E-state index in [4.69, 9.17) is 4.74 Å². The number of hydrogen-bond acceptors (Lipinski definition) is 6. The average molecular weight is 368 g/mol. The lowest BCUT2D eigenvalue weighted by Crippen LogP contribution is -2.28. The van der Waals surface area contributed by atoms with Crippen LogP contribution in [0.25, 0.3) is 0 Å². The molecule has 0 aromatic heterocycles. The van der Waals surface area contributed by atoms with Crippen LogP contribution in [-0.4, -0.2) is 42.2 Å². The van der Waals surface area contributed by atoms with Crippen LogP contribution in [0.4, 0.5) is 0 Å². The van der Waals surface area contributed by atoms with Gasteiger partial charge in [-0.05, 0) is 42.9 Å². The molecule has 7 heteroatoms. The van der Waals surface area contributed by atoms with Gasteiger partial charge < -0.3 is 9.47 Å². The Bertz CT molecular complexity index is 832. The molecule has 0 radical (unpaired) electrons. The molecule has 2 bridgehead atoms. The summed E-state index contributed by atoms with van der Waals surface area (Å²) in [6, 6.07) is 6.90. The summed E-state index contributed by atoms with van der Waals surface area (Å²) >= 11 is 0. The maximum atomic E-state index is 12.6. The summed E-state index contributed by atoms with van der Waals surface area (Å²) in [5.74, 6) is -0.649. The number of carbonyl (C=O) groups excluding carboxylic acids is 3. The summed E-state index contributed by atoms with van der Waals surface area (Å²) in [5.41, 5.74) is 0.656. The number of hydrogen-bond donors (Lipinski definition) is 0. The normalized spacial score (nSPS) is 29.5. The molecule has 5 atom stereocenters. The molecule has 1 saturated carbocycles. The third-order valence-electron chi connectivity index (χ3n) is 5.47. The molecule has 2 fully saturated rings. The fraction of sp³-hybridized carbons (Fsp3) is 0.400. The summed E-state index contributed by atoms with van der Waals surface area (Å²) in [4.78, 5) is 36.7. The fourth-order valence-corrected chi connectivity index (χ4v) is 4.21. The van der Waals surface area contributed by atoms with Crippen LogP contribution in [0, 0.1) is 23.7 Å². The van der Waals surface area contributed by atoms with Crippen molar-refractivity contribution in [3.63, 3.8) is 0 Å². The molecule has 1 saturated heterocycles. The van der Waals surface area contributed by atoms with Gasteiger partial charge in [0.1, 0.15) is 5.75 Å². The number of esters is 1. The van der Waals surface area contributed by atoms with E-state index in [0.717, 1.165) is 11.4 Å². The van der Waals surface area contributed by atoms with E-state index in [1.54, 1.807) is 31.2 Å². The molecule has 0 unspecified atom stereocenters. The van der Waals surface area contributed by atoms with Crippen molar-refractivity contribution in [1.29, 1.82) is 0 Å². The highest BCUT2D eigenvalue weighted by Gasteiger charge is 2.59. The molecule has 0 spiro atoms. The van der Waals surface area contributed by atoms with Crippen LogP contribution in [0.3, 0.4) is 0 Å². The molecule has 7 nitrogen and oxygen atoms in total. The number of imide groups is 1. The van der Waals surface area contributed by atoms with E-state index in [2.05, 4.69) is 9.84 Å². The summed E-state index contributed by atoms with van der Waals surface area (Å²) in [5, 5.41) is 5.15. The van der Waals surface area contributed by atoms with Gasteiger partial charge in [-0.15, -0.1) is 0 Å². The first-order valence-corrected chi connectivity index (χ1v) is 8.94. The molecular weight excluding hydrogens is 348 g/mol. The highest BCUT2D eigenvalue weighted by molar-refractivity contribution is 6.06. The van der Waals surface area contributed by atoms with Crippen LogP contribution in [0.15, 0.2) is 41.5 Å². The number of methoxy groups -OCH3 is 1. The minimum absolute atomic E-state index is 0.160. The van der Waals surface area contributed by atoms with Gasteiger partial charge in [0.2, 0.25) is 0 Å². The van der Waals surface area contributed by atoms with Crippen molar-refractivity contribution >= 4 is 24.0 Å². The second-order valence-corrected chi connectivity index (χ2v) is 7.09. The third kappa shape index (κ3) is 2.93. The summed E-state index contributed by atoms with van der Waals surface area (Å²) in [7, 11) is 1.30. The molecule has 1 heterocycles. The molecule has 1 aromatic carbocycles. The van der Waals surface area contributed by atoms with E-state index in [1.807, 2.05) is 12.2 Å². The van der Waals surface area contributed by atoms with Crippen molar-refractivity contribution < 1.29 is 23.9 Å². The predicted molar refractivity (Wildman–Crippen MR) is 95.7 cm³/mol. The van der Waals surface area contributed by atoms with Crippen LogP contribution in [0.5, 0.6) is 5.75 Å². The van der Waals surface area contributed by atoms with E-state index < -0.39 is 12.1 Å². The first-order valence-electron chi connectivity index (χ1n) is 8.94. The number of nitrogens with zero attached hydrogens (tertiary/aromatic N) is 2. The maximum absolute atomic E-state index is 12.6. The monoisotopic (exact) mass is 368 g/mol. The maximum Gasteiger partial charge on any atom is 0.346 e. The Hall–Kier alpha value is -2.96. The van der Waals surface area contributed by atoms with Gasteiger partial charge in [-0.3, -0.25) is 9.59 Å². The van der Waals surface area contributed by atoms with Crippen LogP contribution in [0.2, 0.25) is 0 Å². The van der Waals surface area contributed by atoms with Gasteiger partial charge in [0.05, 0.1) is 25.2 Å². The molecule has 2 aliphatic carbocycles. The van der Waals surface area contributed by atoms with Gasteiger partial charge in [-0.25, -0.2) is 4.79 Å². The lowest BCUT2D eigenvalue weighted by Gasteiger charge is -2.13. The molecule has 1 aromatic rings. The molecule has 3 aliphatic rings. The van der Waals surface area contributed by atoms with Crippen LogP contribution >= 0.6 is 0 Å². The standard InChI is InChI=1S/C20H20N2O5/c1-11(20(25)26-2)27-15-5-3-4-12(8-15)10-21-22-18(23)16-13-6-7-14(9-13)17(16)19(22)24/h3-8,10-11,13-14,16-17H,9H2,1-2H3/t11-,13-,14-,16-,17+/m0/s1. The van der Waals surface area contributed by atoms with Crippen molar-refractivity contribution in [1.82, 2.24) is 5.01 Å². The number of fused-ring (bicyclic) bond motifs is 5. The number of carbonyl (C=O) groups is 3. The first kappa shape index (κ1) is 17.5. The molecule has 1 aliphatic heterocycles. The van der Waals surface area contributed by atoms with Gasteiger partial charge in [0, 0.05) is 0 Å². The highest BCUT2D eigenvalue weighted by Crippen LogP contribution is 2.52. The fourth-order valence-electron chi connectivity index (χ4n) is 4.21. The van der Waals surface area contributed by atoms with E-state index in [9.17, 15) is 14.4 Å². The zero-order valence-electron chi connectivity index (χ0n) is 15.1. The van der Waals surface area contributed by atoms with E-state index in [1.165, 1.54) is 13.3 Å². The van der Waals surface area contributed by atoms with Crippen molar-refractivity contribution in [2.75, 3.05) is 7.11 Å². The van der Waals surface area contributed by atoms with Gasteiger partial charge in [-0.2, -0.15) is 10.1 Å². The van der Waals surface area contributed by atoms with Gasteiger partial charge in [0.25, 0.3) is 11.8 Å². The summed E-state index contributed by atoms with van der Waals surface area (Å²) in [6.07, 6.45) is 5.71.